The van der Waals surface area contributed by atoms with Crippen LogP contribution >= 0.6 is 0 Å². The van der Waals surface area contributed by atoms with Crippen molar-refractivity contribution in [3.63, 3.8) is 0 Å². The SMILES string of the molecule is CCNC(=NCCS(=O)(=O)c1ccccc1)N1CCC(OCCCOC)CC1. The Kier molecular flexibility index (Phi) is 9.73. The molecule has 7 nitrogen and oxygen atoms in total. The number of sulfone groups is 1. The maximum absolute atomic E-state index is 12.4. The van der Waals surface area contributed by atoms with Gasteiger partial charge < -0.3 is 19.7 Å². The first-order valence-electron chi connectivity index (χ1n) is 9.98. The van der Waals surface area contributed by atoms with Crippen molar-refractivity contribution in [3.05, 3.63) is 30.3 Å². The number of benzene rings is 1. The van der Waals surface area contributed by atoms with Crippen LogP contribution in [0.15, 0.2) is 40.2 Å². The Labute approximate surface area is 169 Å². The molecule has 1 aromatic carbocycles. The predicted molar refractivity (Wildman–Crippen MR) is 112 cm³/mol. The van der Waals surface area contributed by atoms with E-state index in [1.165, 1.54) is 0 Å². The molecule has 0 aromatic heterocycles. The van der Waals surface area contributed by atoms with Crippen molar-refractivity contribution < 1.29 is 17.9 Å². The molecule has 0 radical (unpaired) electrons. The van der Waals surface area contributed by atoms with Crippen molar-refractivity contribution in [2.24, 2.45) is 4.99 Å². The molecular weight excluding hydrogens is 378 g/mol. The first kappa shape index (κ1) is 22.6. The predicted octanol–water partition coefficient (Wildman–Crippen LogP) is 1.94. The first-order chi connectivity index (χ1) is 13.6. The molecule has 1 N–H and O–H groups in total. The lowest BCUT2D eigenvalue weighted by Crippen LogP contribution is -2.47. The smallest absolute Gasteiger partial charge is 0.193 e. The summed E-state index contributed by atoms with van der Waals surface area (Å²) in [5.74, 6) is 0.786. The minimum atomic E-state index is -3.31. The number of rotatable bonds is 10. The fourth-order valence-electron chi connectivity index (χ4n) is 3.13. The number of methoxy groups -OCH3 is 1. The molecule has 8 heteroatoms. The Morgan fingerprint density at radius 3 is 2.57 bits per heavy atom. The molecule has 0 bridgehead atoms. The number of ether oxygens (including phenoxy) is 2. The second-order valence-electron chi connectivity index (χ2n) is 6.77. The summed E-state index contributed by atoms with van der Waals surface area (Å²) < 4.78 is 35.8. The van der Waals surface area contributed by atoms with Gasteiger partial charge in [-0.15, -0.1) is 0 Å². The lowest BCUT2D eigenvalue weighted by Gasteiger charge is -2.34. The van der Waals surface area contributed by atoms with Crippen LogP contribution in [0.25, 0.3) is 0 Å². The lowest BCUT2D eigenvalue weighted by atomic mass is 10.1. The molecule has 0 unspecified atom stereocenters. The van der Waals surface area contributed by atoms with Crippen LogP contribution in [0.3, 0.4) is 0 Å². The van der Waals surface area contributed by atoms with Gasteiger partial charge in [0.05, 0.1) is 23.3 Å². The molecule has 1 fully saturated rings. The second kappa shape index (κ2) is 12.0. The zero-order valence-corrected chi connectivity index (χ0v) is 17.8. The average molecular weight is 412 g/mol. The summed E-state index contributed by atoms with van der Waals surface area (Å²) in [4.78, 5) is 7.09. The van der Waals surface area contributed by atoms with Crippen LogP contribution in [0.5, 0.6) is 0 Å². The average Bonchev–Trinajstić information content (AvgIpc) is 2.72. The van der Waals surface area contributed by atoms with Gasteiger partial charge in [-0.2, -0.15) is 0 Å². The Morgan fingerprint density at radius 1 is 1.21 bits per heavy atom. The topological polar surface area (TPSA) is 80.2 Å². The van der Waals surface area contributed by atoms with Gasteiger partial charge in [0.2, 0.25) is 0 Å². The summed E-state index contributed by atoms with van der Waals surface area (Å²) in [6.07, 6.45) is 3.07. The highest BCUT2D eigenvalue weighted by atomic mass is 32.2. The maximum atomic E-state index is 12.4. The van der Waals surface area contributed by atoms with E-state index >= 15 is 0 Å². The summed E-state index contributed by atoms with van der Waals surface area (Å²) in [5.41, 5.74) is 0. The monoisotopic (exact) mass is 411 g/mol. The standard InChI is InChI=1S/C20H33N3O4S/c1-3-21-20(22-12-17-28(24,25)19-8-5-4-6-9-19)23-13-10-18(11-14-23)27-16-7-15-26-2/h4-6,8-9,18H,3,7,10-17H2,1-2H3,(H,21,22). The zero-order chi connectivity index (χ0) is 20.2. The molecule has 1 aromatic rings. The van der Waals surface area contributed by atoms with E-state index in [-0.39, 0.29) is 18.4 Å². The summed E-state index contributed by atoms with van der Waals surface area (Å²) in [6.45, 7) is 6.16. The minimum Gasteiger partial charge on any atom is -0.385 e. The Morgan fingerprint density at radius 2 is 1.93 bits per heavy atom. The number of guanidine groups is 1. The number of piperidine rings is 1. The van der Waals surface area contributed by atoms with Crippen LogP contribution in [0.2, 0.25) is 0 Å². The molecule has 28 heavy (non-hydrogen) atoms. The van der Waals surface area contributed by atoms with Crippen LogP contribution in [-0.2, 0) is 19.3 Å². The lowest BCUT2D eigenvalue weighted by molar-refractivity contribution is 0.00991. The van der Waals surface area contributed by atoms with Crippen LogP contribution in [0.4, 0.5) is 0 Å². The van der Waals surface area contributed by atoms with Crippen LogP contribution in [0, 0.1) is 0 Å². The molecule has 1 aliphatic rings. The molecule has 0 saturated carbocycles. The van der Waals surface area contributed by atoms with E-state index < -0.39 is 9.84 Å². The van der Waals surface area contributed by atoms with Gasteiger partial charge in [0.15, 0.2) is 15.8 Å². The van der Waals surface area contributed by atoms with Crippen LogP contribution < -0.4 is 5.32 Å². The zero-order valence-electron chi connectivity index (χ0n) is 17.0. The van der Waals surface area contributed by atoms with Crippen LogP contribution in [-0.4, -0.2) is 77.6 Å². The van der Waals surface area contributed by atoms with E-state index in [4.69, 9.17) is 9.47 Å². The quantitative estimate of drug-likeness (QED) is 0.360. The molecule has 0 spiro atoms. The Bertz CT molecular complexity index is 687. The van der Waals surface area contributed by atoms with E-state index in [2.05, 4.69) is 15.2 Å². The van der Waals surface area contributed by atoms with Gasteiger partial charge in [-0.1, -0.05) is 18.2 Å². The maximum Gasteiger partial charge on any atom is 0.193 e. The van der Waals surface area contributed by atoms with Crippen molar-refractivity contribution in [1.82, 2.24) is 10.2 Å². The fraction of sp³-hybridized carbons (Fsp3) is 0.650. The third-order valence-electron chi connectivity index (χ3n) is 4.65. The molecule has 2 rings (SSSR count). The molecule has 0 amide bonds. The van der Waals surface area contributed by atoms with Crippen LogP contribution in [0.1, 0.15) is 26.2 Å². The third-order valence-corrected chi connectivity index (χ3v) is 6.36. The van der Waals surface area contributed by atoms with Gasteiger partial charge in [0.1, 0.15) is 0 Å². The first-order valence-corrected chi connectivity index (χ1v) is 11.6. The summed E-state index contributed by atoms with van der Waals surface area (Å²) >= 11 is 0. The number of likely N-dealkylation sites (tertiary alicyclic amines) is 1. The van der Waals surface area contributed by atoms with E-state index in [0.29, 0.717) is 4.90 Å². The summed E-state index contributed by atoms with van der Waals surface area (Å²) in [6, 6.07) is 8.54. The normalized spacial score (nSPS) is 16.4. The molecule has 0 aliphatic carbocycles. The van der Waals surface area contributed by atoms with Crippen molar-refractivity contribution in [1.29, 1.82) is 0 Å². The Hall–Kier alpha value is -1.64. The number of aliphatic imine (C=N–C) groups is 1. The molecule has 1 saturated heterocycles. The second-order valence-corrected chi connectivity index (χ2v) is 8.88. The number of hydrogen-bond donors (Lipinski definition) is 1. The van der Waals surface area contributed by atoms with E-state index in [1.54, 1.807) is 31.4 Å². The largest absolute Gasteiger partial charge is 0.385 e. The van der Waals surface area contributed by atoms with Gasteiger partial charge in [-0.05, 0) is 38.3 Å². The molecular formula is C20H33N3O4S. The van der Waals surface area contributed by atoms with Gasteiger partial charge in [-0.3, -0.25) is 4.99 Å². The third kappa shape index (κ3) is 7.41. The molecule has 1 heterocycles. The highest BCUT2D eigenvalue weighted by Gasteiger charge is 2.22. The van der Waals surface area contributed by atoms with E-state index in [0.717, 1.165) is 58.1 Å². The molecule has 158 valence electrons. The Balaban J connectivity index is 1.84. The van der Waals surface area contributed by atoms with Gasteiger partial charge in [0.25, 0.3) is 0 Å². The minimum absolute atomic E-state index is 0.00494. The van der Waals surface area contributed by atoms with Gasteiger partial charge in [0, 0.05) is 40.0 Å². The van der Waals surface area contributed by atoms with Gasteiger partial charge in [-0.25, -0.2) is 8.42 Å². The van der Waals surface area contributed by atoms with Crippen molar-refractivity contribution in [2.45, 2.75) is 37.2 Å². The van der Waals surface area contributed by atoms with E-state index in [1.807, 2.05) is 13.0 Å². The highest BCUT2D eigenvalue weighted by Crippen LogP contribution is 2.15. The van der Waals surface area contributed by atoms with Gasteiger partial charge >= 0.3 is 0 Å². The summed E-state index contributed by atoms with van der Waals surface area (Å²) in [7, 11) is -1.61. The van der Waals surface area contributed by atoms with Crippen molar-refractivity contribution in [3.8, 4) is 0 Å². The van der Waals surface area contributed by atoms with Crippen molar-refractivity contribution in [2.75, 3.05) is 52.3 Å². The number of nitrogens with one attached hydrogen (secondary N) is 1. The number of nitrogens with zero attached hydrogens (tertiary/aromatic N) is 2. The van der Waals surface area contributed by atoms with Crippen molar-refractivity contribution >= 4 is 15.8 Å². The number of hydrogen-bond acceptors (Lipinski definition) is 5. The van der Waals surface area contributed by atoms with E-state index in [9.17, 15) is 8.42 Å². The summed E-state index contributed by atoms with van der Waals surface area (Å²) in [5, 5.41) is 3.28. The fourth-order valence-corrected chi connectivity index (χ4v) is 4.27. The molecule has 1 aliphatic heterocycles. The molecule has 0 atom stereocenters. The highest BCUT2D eigenvalue weighted by molar-refractivity contribution is 7.91.